The molecule has 5 nitrogen and oxygen atoms in total. The molecule has 8 heteroatoms. The highest BCUT2D eigenvalue weighted by molar-refractivity contribution is 6.34. The highest BCUT2D eigenvalue weighted by Gasteiger charge is 2.27. The molecule has 0 aliphatic rings. The molecule has 0 saturated heterocycles. The van der Waals surface area contributed by atoms with Crippen LogP contribution in [0.25, 0.3) is 0 Å². The van der Waals surface area contributed by atoms with Crippen molar-refractivity contribution in [1.82, 2.24) is 0 Å². The Morgan fingerprint density at radius 2 is 1.61 bits per heavy atom. The van der Waals surface area contributed by atoms with Gasteiger partial charge >= 0.3 is 0 Å². The van der Waals surface area contributed by atoms with E-state index in [1.54, 1.807) is 49.4 Å². The lowest BCUT2D eigenvalue weighted by Crippen LogP contribution is -2.37. The number of halogens is 3. The van der Waals surface area contributed by atoms with E-state index < -0.39 is 11.6 Å². The van der Waals surface area contributed by atoms with Gasteiger partial charge in [0.15, 0.2) is 0 Å². The average Bonchev–Trinajstić information content (AvgIpc) is 2.71. The molecule has 0 amide bonds. The van der Waals surface area contributed by atoms with Crippen molar-refractivity contribution in [2.24, 2.45) is 5.73 Å². The Morgan fingerprint density at radius 1 is 0.939 bits per heavy atom. The molecular weight excluding hydrogens is 485 g/mol. The number of benzene rings is 3. The van der Waals surface area contributed by atoms with Crippen molar-refractivity contribution in [1.29, 1.82) is 0 Å². The van der Waals surface area contributed by atoms with Crippen molar-refractivity contribution in [2.45, 2.75) is 38.0 Å². The van der Waals surface area contributed by atoms with Gasteiger partial charge < -0.3 is 25.4 Å². The van der Waals surface area contributed by atoms with E-state index in [-0.39, 0.29) is 19.4 Å². The minimum absolute atomic E-state index is 0.104. The zero-order chi connectivity index (χ0) is 24.0. The fourth-order valence-corrected chi connectivity index (χ4v) is 4.46. The van der Waals surface area contributed by atoms with Gasteiger partial charge in [-0.05, 0) is 73.4 Å². The number of aliphatic hydroxyl groups is 2. The first-order chi connectivity index (χ1) is 15.7. The van der Waals surface area contributed by atoms with E-state index in [2.05, 4.69) is 0 Å². The first-order valence-electron chi connectivity index (χ1n) is 10.4. The Balaban J connectivity index is 1.68. The van der Waals surface area contributed by atoms with Crippen LogP contribution in [0.1, 0.15) is 30.9 Å². The van der Waals surface area contributed by atoms with Gasteiger partial charge in [0.1, 0.15) is 23.9 Å². The van der Waals surface area contributed by atoms with Gasteiger partial charge in [0.2, 0.25) is 0 Å². The lowest BCUT2D eigenvalue weighted by molar-refractivity contribution is 0.103. The molecule has 33 heavy (non-hydrogen) atoms. The summed E-state index contributed by atoms with van der Waals surface area (Å²) in [5.41, 5.74) is 7.08. The summed E-state index contributed by atoms with van der Waals surface area (Å²) in [4.78, 5) is 0. The van der Waals surface area contributed by atoms with E-state index in [0.717, 1.165) is 5.56 Å². The summed E-state index contributed by atoms with van der Waals surface area (Å²) in [6.07, 6.45) is -0.193. The van der Waals surface area contributed by atoms with Crippen molar-refractivity contribution in [3.8, 4) is 17.2 Å². The lowest BCUT2D eigenvalue weighted by Gasteiger charge is -2.29. The highest BCUT2D eigenvalue weighted by atomic mass is 35.5. The van der Waals surface area contributed by atoms with Gasteiger partial charge in [-0.25, -0.2) is 0 Å². The standard InChI is InChI=1S/C25H26Cl3NO4/c1-25(29,14-19(31)7-8-30)23-6-5-22(13-24(23)28)33-21-4-2-3-20(12-21)32-15-16-9-17(26)11-18(27)10-16/h2-6,9-13,19,30-31H,7-8,14-15,29H2,1H3. The monoisotopic (exact) mass is 509 g/mol. The van der Waals surface area contributed by atoms with Crippen LogP contribution >= 0.6 is 34.8 Å². The van der Waals surface area contributed by atoms with Gasteiger partial charge in [0, 0.05) is 33.3 Å². The molecule has 176 valence electrons. The summed E-state index contributed by atoms with van der Waals surface area (Å²) in [6.45, 7) is 2.00. The Kier molecular flexibility index (Phi) is 8.88. The van der Waals surface area contributed by atoms with Crippen molar-refractivity contribution in [3.63, 3.8) is 0 Å². The van der Waals surface area contributed by atoms with Crippen molar-refractivity contribution < 1.29 is 19.7 Å². The van der Waals surface area contributed by atoms with Crippen molar-refractivity contribution in [2.75, 3.05) is 6.61 Å². The van der Waals surface area contributed by atoms with Crippen LogP contribution in [0.2, 0.25) is 15.1 Å². The van der Waals surface area contributed by atoms with E-state index >= 15 is 0 Å². The molecule has 0 spiro atoms. The van der Waals surface area contributed by atoms with Gasteiger partial charge in [-0.2, -0.15) is 0 Å². The molecule has 3 aromatic rings. The van der Waals surface area contributed by atoms with E-state index in [0.29, 0.717) is 44.5 Å². The average molecular weight is 511 g/mol. The maximum Gasteiger partial charge on any atom is 0.131 e. The Morgan fingerprint density at radius 3 is 2.27 bits per heavy atom. The number of hydrogen-bond acceptors (Lipinski definition) is 5. The van der Waals surface area contributed by atoms with Crippen LogP contribution in [0.15, 0.2) is 60.7 Å². The molecule has 3 rings (SSSR count). The molecular formula is C25H26Cl3NO4. The third kappa shape index (κ3) is 7.51. The zero-order valence-electron chi connectivity index (χ0n) is 18.1. The van der Waals surface area contributed by atoms with Gasteiger partial charge in [0.25, 0.3) is 0 Å². The maximum atomic E-state index is 10.0. The predicted octanol–water partition coefficient (Wildman–Crippen LogP) is 6.33. The number of ether oxygens (including phenoxy) is 2. The van der Waals surface area contributed by atoms with Crippen LogP contribution in [0.3, 0.4) is 0 Å². The molecule has 0 bridgehead atoms. The zero-order valence-corrected chi connectivity index (χ0v) is 20.4. The summed E-state index contributed by atoms with van der Waals surface area (Å²) >= 11 is 18.6. The Labute approximate surface area is 208 Å². The second-order valence-corrected chi connectivity index (χ2v) is 9.35. The summed E-state index contributed by atoms with van der Waals surface area (Å²) in [5.74, 6) is 1.74. The summed E-state index contributed by atoms with van der Waals surface area (Å²) in [5, 5.41) is 20.6. The largest absolute Gasteiger partial charge is 0.489 e. The van der Waals surface area contributed by atoms with Crippen molar-refractivity contribution >= 4 is 34.8 Å². The number of rotatable bonds is 10. The van der Waals surface area contributed by atoms with Crippen LogP contribution in [0, 0.1) is 0 Å². The van der Waals surface area contributed by atoms with E-state index in [9.17, 15) is 5.11 Å². The van der Waals surface area contributed by atoms with E-state index in [1.165, 1.54) is 0 Å². The van der Waals surface area contributed by atoms with Crippen LogP contribution in [0.5, 0.6) is 17.2 Å². The molecule has 3 aromatic carbocycles. The molecule has 0 radical (unpaired) electrons. The fraction of sp³-hybridized carbons (Fsp3) is 0.280. The molecule has 4 N–H and O–H groups in total. The minimum atomic E-state index is -0.860. The quantitative estimate of drug-likeness (QED) is 0.297. The Hall–Kier alpha value is -1.99. The number of nitrogens with two attached hydrogens (primary N) is 1. The molecule has 2 unspecified atom stereocenters. The van der Waals surface area contributed by atoms with Crippen molar-refractivity contribution in [3.05, 3.63) is 86.9 Å². The SMILES string of the molecule is CC(N)(CC(O)CCO)c1ccc(Oc2cccc(OCc3cc(Cl)cc(Cl)c3)c2)cc1Cl. The molecule has 2 atom stereocenters. The van der Waals surface area contributed by atoms with E-state index in [1.807, 2.05) is 18.2 Å². The van der Waals surface area contributed by atoms with Gasteiger partial charge in [-0.3, -0.25) is 0 Å². The molecule has 0 aliphatic carbocycles. The fourth-order valence-electron chi connectivity index (χ4n) is 3.50. The van der Waals surface area contributed by atoms with E-state index in [4.69, 9.17) is 55.1 Å². The molecule has 0 aromatic heterocycles. The van der Waals surface area contributed by atoms with Gasteiger partial charge in [0.05, 0.1) is 6.10 Å². The number of hydrogen-bond donors (Lipinski definition) is 3. The third-order valence-corrected chi connectivity index (χ3v) is 5.80. The molecule has 0 saturated carbocycles. The smallest absolute Gasteiger partial charge is 0.131 e. The molecule has 0 heterocycles. The Bertz CT molecular complexity index is 1070. The summed E-state index contributed by atoms with van der Waals surface area (Å²) < 4.78 is 11.8. The predicted molar refractivity (Wildman–Crippen MR) is 133 cm³/mol. The minimum Gasteiger partial charge on any atom is -0.489 e. The van der Waals surface area contributed by atoms with Crippen LogP contribution in [0.4, 0.5) is 0 Å². The molecule has 0 aliphatic heterocycles. The highest BCUT2D eigenvalue weighted by Crippen LogP contribution is 2.35. The first-order valence-corrected chi connectivity index (χ1v) is 11.5. The van der Waals surface area contributed by atoms with Crippen LogP contribution in [-0.4, -0.2) is 22.9 Å². The second-order valence-electron chi connectivity index (χ2n) is 8.07. The maximum absolute atomic E-state index is 10.0. The molecule has 0 fully saturated rings. The lowest BCUT2D eigenvalue weighted by atomic mass is 9.86. The first kappa shape index (κ1) is 25.6. The van der Waals surface area contributed by atoms with Crippen LogP contribution in [-0.2, 0) is 12.1 Å². The summed E-state index contributed by atoms with van der Waals surface area (Å²) in [6, 6.07) is 17.7. The second kappa shape index (κ2) is 11.4. The van der Waals surface area contributed by atoms with Gasteiger partial charge in [-0.15, -0.1) is 0 Å². The topological polar surface area (TPSA) is 84.9 Å². The number of aliphatic hydroxyl groups excluding tert-OH is 2. The summed E-state index contributed by atoms with van der Waals surface area (Å²) in [7, 11) is 0. The van der Waals surface area contributed by atoms with Crippen LogP contribution < -0.4 is 15.2 Å². The van der Waals surface area contributed by atoms with Gasteiger partial charge in [-0.1, -0.05) is 46.9 Å². The normalized spacial score (nSPS) is 13.9. The third-order valence-electron chi connectivity index (χ3n) is 5.05.